The molecule has 0 aromatic carbocycles. The Balaban J connectivity index is 1.54. The van der Waals surface area contributed by atoms with Gasteiger partial charge in [0.25, 0.3) is 0 Å². The lowest BCUT2D eigenvalue weighted by Gasteiger charge is -2.16. The van der Waals surface area contributed by atoms with Crippen molar-refractivity contribution in [1.82, 2.24) is 4.98 Å². The van der Waals surface area contributed by atoms with E-state index in [1.165, 1.54) is 12.8 Å². The average molecular weight is 296 g/mol. The number of aromatic nitrogens is 1. The molecule has 1 saturated carbocycles. The normalized spacial score (nSPS) is 20.9. The molecule has 0 radical (unpaired) electrons. The summed E-state index contributed by atoms with van der Waals surface area (Å²) in [6, 6.07) is 0. The first-order valence-electron chi connectivity index (χ1n) is 7.16. The summed E-state index contributed by atoms with van der Waals surface area (Å²) in [5.41, 5.74) is 0.781. The molecule has 6 heteroatoms. The molecule has 1 unspecified atom stereocenters. The van der Waals surface area contributed by atoms with E-state index in [0.29, 0.717) is 13.0 Å². The Morgan fingerprint density at radius 3 is 3.00 bits per heavy atom. The van der Waals surface area contributed by atoms with Crippen LogP contribution in [0.5, 0.6) is 0 Å². The van der Waals surface area contributed by atoms with Gasteiger partial charge in [-0.05, 0) is 31.6 Å². The number of likely N-dealkylation sites (N-methyl/N-ethyl adjacent to an activating group) is 1. The molecule has 2 aliphatic rings. The van der Waals surface area contributed by atoms with Crippen molar-refractivity contribution in [2.45, 2.75) is 31.6 Å². The second-order valence-electron chi connectivity index (χ2n) is 5.67. The Morgan fingerprint density at radius 2 is 2.30 bits per heavy atom. The monoisotopic (exact) mass is 296 g/mol. The molecular weight excluding hydrogens is 276 g/mol. The highest BCUT2D eigenvalue weighted by Crippen LogP contribution is 2.39. The van der Waals surface area contributed by atoms with Crippen LogP contribution in [0.1, 0.15) is 35.8 Å². The van der Waals surface area contributed by atoms with Crippen LogP contribution in [-0.4, -0.2) is 42.9 Å². The molecule has 1 aromatic heterocycles. The van der Waals surface area contributed by atoms with E-state index in [1.807, 2.05) is 7.05 Å². The highest BCUT2D eigenvalue weighted by Gasteiger charge is 2.32. The van der Waals surface area contributed by atoms with Gasteiger partial charge in [-0.15, -0.1) is 11.3 Å². The third kappa shape index (κ3) is 2.96. The number of carbonyl (C=O) groups is 1. The molecule has 1 heterocycles. The summed E-state index contributed by atoms with van der Waals surface area (Å²) in [5.74, 6) is -0.370. The topological polar surface area (TPSA) is 62.7 Å². The maximum absolute atomic E-state index is 11.2. The van der Waals surface area contributed by atoms with E-state index in [2.05, 4.69) is 9.88 Å². The first-order valence-corrected chi connectivity index (χ1v) is 7.98. The van der Waals surface area contributed by atoms with Crippen molar-refractivity contribution >= 4 is 22.4 Å². The van der Waals surface area contributed by atoms with Gasteiger partial charge >= 0.3 is 5.97 Å². The molecule has 0 amide bonds. The fraction of sp³-hybridized carbons (Fsp3) is 0.714. The van der Waals surface area contributed by atoms with Gasteiger partial charge in [-0.3, -0.25) is 4.79 Å². The second kappa shape index (κ2) is 5.69. The van der Waals surface area contributed by atoms with E-state index in [9.17, 15) is 9.90 Å². The van der Waals surface area contributed by atoms with E-state index >= 15 is 0 Å². The molecule has 1 atom stereocenters. The zero-order valence-electron chi connectivity index (χ0n) is 11.7. The zero-order chi connectivity index (χ0) is 14.1. The van der Waals surface area contributed by atoms with Crippen molar-refractivity contribution in [1.29, 1.82) is 0 Å². The Kier molecular flexibility index (Phi) is 3.94. The molecule has 20 heavy (non-hydrogen) atoms. The molecule has 1 fully saturated rings. The average Bonchev–Trinajstić information content (AvgIpc) is 2.98. The first kappa shape index (κ1) is 13.8. The van der Waals surface area contributed by atoms with Crippen molar-refractivity contribution in [2.24, 2.45) is 5.92 Å². The predicted octanol–water partition coefficient (Wildman–Crippen LogP) is 2.12. The number of anilines is 1. The number of hydrogen-bond donors (Lipinski definition) is 1. The number of hydrogen-bond acceptors (Lipinski definition) is 5. The Hall–Kier alpha value is -1.14. The smallest absolute Gasteiger partial charge is 0.312 e. The predicted molar refractivity (Wildman–Crippen MR) is 77.6 cm³/mol. The molecule has 0 spiro atoms. The molecular formula is C14H20N2O3S. The van der Waals surface area contributed by atoms with Crippen LogP contribution in [0.3, 0.4) is 0 Å². The fourth-order valence-electron chi connectivity index (χ4n) is 2.45. The summed E-state index contributed by atoms with van der Waals surface area (Å²) in [5, 5.41) is 10.1. The molecule has 2 aliphatic carbocycles. The number of carboxylic acids is 1. The summed E-state index contributed by atoms with van der Waals surface area (Å²) in [6.07, 6.45) is 4.16. The highest BCUT2D eigenvalue weighted by molar-refractivity contribution is 7.15. The van der Waals surface area contributed by atoms with Gasteiger partial charge in [0.2, 0.25) is 0 Å². The fourth-order valence-corrected chi connectivity index (χ4v) is 3.57. The van der Waals surface area contributed by atoms with Gasteiger partial charge in [0.1, 0.15) is 5.92 Å². The lowest BCUT2D eigenvalue weighted by Crippen LogP contribution is -2.23. The third-order valence-electron chi connectivity index (χ3n) is 3.95. The van der Waals surface area contributed by atoms with Gasteiger partial charge < -0.3 is 14.7 Å². The number of nitrogens with zero attached hydrogens (tertiary/aromatic N) is 2. The van der Waals surface area contributed by atoms with Crippen molar-refractivity contribution in [2.75, 3.05) is 31.7 Å². The number of ether oxygens (including phenoxy) is 1. The van der Waals surface area contributed by atoms with Crippen LogP contribution in [0, 0.1) is 5.92 Å². The lowest BCUT2D eigenvalue weighted by atomic mass is 10.1. The summed E-state index contributed by atoms with van der Waals surface area (Å²) in [6.45, 7) is 2.39. The minimum absolute atomic E-state index is 0.408. The van der Waals surface area contributed by atoms with Gasteiger partial charge in [0.05, 0.1) is 12.3 Å². The minimum Gasteiger partial charge on any atom is -0.481 e. The Morgan fingerprint density at radius 1 is 1.50 bits per heavy atom. The number of fused-ring (bicyclic) bond motifs is 1. The third-order valence-corrected chi connectivity index (χ3v) is 5.20. The molecule has 0 bridgehead atoms. The Labute approximate surface area is 122 Å². The zero-order valence-corrected chi connectivity index (χ0v) is 12.5. The van der Waals surface area contributed by atoms with E-state index in [-0.39, 0.29) is 0 Å². The first-order chi connectivity index (χ1) is 9.65. The molecule has 1 aromatic rings. The SMILES string of the molecule is CN(CCOCC1CC1)c1nc2c(s1)CCC2C(=O)O. The van der Waals surface area contributed by atoms with Gasteiger partial charge in [-0.1, -0.05) is 0 Å². The summed E-state index contributed by atoms with van der Waals surface area (Å²) in [4.78, 5) is 18.9. The number of rotatable bonds is 7. The molecule has 0 saturated heterocycles. The summed E-state index contributed by atoms with van der Waals surface area (Å²) in [7, 11) is 1.99. The molecule has 3 rings (SSSR count). The number of thiazole rings is 1. The quantitative estimate of drug-likeness (QED) is 0.781. The number of aliphatic carboxylic acids is 1. The Bertz CT molecular complexity index is 499. The van der Waals surface area contributed by atoms with Gasteiger partial charge in [0, 0.05) is 25.1 Å². The molecule has 1 N–H and O–H groups in total. The van der Waals surface area contributed by atoms with Crippen LogP contribution >= 0.6 is 11.3 Å². The summed E-state index contributed by atoms with van der Waals surface area (Å²) < 4.78 is 5.63. The summed E-state index contributed by atoms with van der Waals surface area (Å²) >= 11 is 1.62. The maximum atomic E-state index is 11.2. The number of carboxylic acid groups (broad SMARTS) is 1. The molecule has 5 nitrogen and oxygen atoms in total. The minimum atomic E-state index is -0.754. The van der Waals surface area contributed by atoms with Crippen molar-refractivity contribution in [3.63, 3.8) is 0 Å². The highest BCUT2D eigenvalue weighted by atomic mass is 32.1. The van der Waals surface area contributed by atoms with Crippen LogP contribution in [0.4, 0.5) is 5.13 Å². The van der Waals surface area contributed by atoms with E-state index in [4.69, 9.17) is 4.74 Å². The molecule has 110 valence electrons. The lowest BCUT2D eigenvalue weighted by molar-refractivity contribution is -0.138. The number of aryl methyl sites for hydroxylation is 1. The standard InChI is InChI=1S/C14H20N2O3S/c1-16(6-7-19-8-9-2-3-9)14-15-12-10(13(17)18)4-5-11(12)20-14/h9-10H,2-8H2,1H3,(H,17,18). The van der Waals surface area contributed by atoms with Gasteiger partial charge in [0.15, 0.2) is 5.13 Å². The van der Waals surface area contributed by atoms with Crippen molar-refractivity contribution in [3.8, 4) is 0 Å². The van der Waals surface area contributed by atoms with Crippen LogP contribution in [0.2, 0.25) is 0 Å². The van der Waals surface area contributed by atoms with E-state index in [1.54, 1.807) is 11.3 Å². The maximum Gasteiger partial charge on any atom is 0.312 e. The van der Waals surface area contributed by atoms with Crippen molar-refractivity contribution < 1.29 is 14.6 Å². The van der Waals surface area contributed by atoms with Crippen LogP contribution < -0.4 is 4.90 Å². The van der Waals surface area contributed by atoms with Gasteiger partial charge in [-0.2, -0.15) is 0 Å². The second-order valence-corrected chi connectivity index (χ2v) is 6.74. The molecule has 0 aliphatic heterocycles. The van der Waals surface area contributed by atoms with E-state index < -0.39 is 11.9 Å². The van der Waals surface area contributed by atoms with Crippen molar-refractivity contribution in [3.05, 3.63) is 10.6 Å². The van der Waals surface area contributed by atoms with Crippen LogP contribution in [0.25, 0.3) is 0 Å². The largest absolute Gasteiger partial charge is 0.481 e. The van der Waals surface area contributed by atoms with E-state index in [0.717, 1.165) is 41.2 Å². The van der Waals surface area contributed by atoms with Gasteiger partial charge in [-0.25, -0.2) is 4.98 Å². The van der Waals surface area contributed by atoms with Crippen LogP contribution in [-0.2, 0) is 16.0 Å². The van der Waals surface area contributed by atoms with Crippen LogP contribution in [0.15, 0.2) is 0 Å².